The molecule has 0 bridgehead atoms. The summed E-state index contributed by atoms with van der Waals surface area (Å²) in [5.41, 5.74) is 3.30. The van der Waals surface area contributed by atoms with Crippen LogP contribution in [0.2, 0.25) is 5.02 Å². The summed E-state index contributed by atoms with van der Waals surface area (Å²) in [7, 11) is 0. The van der Waals surface area contributed by atoms with E-state index in [9.17, 15) is 9.59 Å². The van der Waals surface area contributed by atoms with Crippen molar-refractivity contribution in [3.63, 3.8) is 0 Å². The number of nitrogens with zero attached hydrogens (tertiary/aromatic N) is 2. The molecule has 148 valence electrons. The van der Waals surface area contributed by atoms with Crippen LogP contribution in [-0.2, 0) is 6.42 Å². The lowest BCUT2D eigenvalue weighted by atomic mass is 9.95. The summed E-state index contributed by atoms with van der Waals surface area (Å²) in [4.78, 5) is 33.4. The molecule has 0 radical (unpaired) electrons. The predicted octanol–water partition coefficient (Wildman–Crippen LogP) is 4.38. The Kier molecular flexibility index (Phi) is 5.76. The van der Waals surface area contributed by atoms with Crippen molar-refractivity contribution in [3.05, 3.63) is 98.7 Å². The smallest absolute Gasteiger partial charge is 0.255 e. The number of likely N-dealkylation sites (tertiary alicyclic amines) is 1. The normalized spacial score (nSPS) is 16.6. The second-order valence-electron chi connectivity index (χ2n) is 7.30. The van der Waals surface area contributed by atoms with E-state index in [0.29, 0.717) is 18.5 Å². The Balaban J connectivity index is 1.54. The number of aromatic nitrogens is 2. The Morgan fingerprint density at radius 2 is 2.00 bits per heavy atom. The molecule has 2 aromatic heterocycles. The van der Waals surface area contributed by atoms with Gasteiger partial charge in [-0.25, -0.2) is 0 Å². The summed E-state index contributed by atoms with van der Waals surface area (Å²) in [5, 5.41) is 0.739. The fraction of sp³-hybridized carbons (Fsp3) is 0.261. The maximum absolute atomic E-state index is 13.0. The third-order valence-electron chi connectivity index (χ3n) is 5.36. The van der Waals surface area contributed by atoms with E-state index in [2.05, 4.69) is 16.0 Å². The van der Waals surface area contributed by atoms with Gasteiger partial charge in [0.05, 0.1) is 11.6 Å². The number of pyridine rings is 2. The number of piperidine rings is 1. The molecule has 1 saturated heterocycles. The molecular formula is C23H22ClN3O2. The summed E-state index contributed by atoms with van der Waals surface area (Å²) in [5.74, 6) is -0.0638. The number of amides is 1. The van der Waals surface area contributed by atoms with Crippen LogP contribution >= 0.6 is 11.6 Å². The molecule has 1 aromatic carbocycles. The highest BCUT2D eigenvalue weighted by atomic mass is 35.5. The van der Waals surface area contributed by atoms with Crippen LogP contribution in [0.15, 0.2) is 65.7 Å². The number of carbonyl (C=O) groups excluding carboxylic acids is 1. The Bertz CT molecular complexity index is 1040. The highest BCUT2D eigenvalue weighted by Gasteiger charge is 2.29. The highest BCUT2D eigenvalue weighted by molar-refractivity contribution is 6.31. The first kappa shape index (κ1) is 19.4. The average molecular weight is 408 g/mol. The summed E-state index contributed by atoms with van der Waals surface area (Å²) in [6.45, 7) is 0.698. The molecule has 3 aromatic rings. The summed E-state index contributed by atoms with van der Waals surface area (Å²) < 4.78 is 0. The van der Waals surface area contributed by atoms with Gasteiger partial charge in [-0.3, -0.25) is 14.6 Å². The maximum Gasteiger partial charge on any atom is 0.255 e. The van der Waals surface area contributed by atoms with E-state index in [1.807, 2.05) is 41.4 Å². The molecule has 5 nitrogen and oxygen atoms in total. The van der Waals surface area contributed by atoms with E-state index in [4.69, 9.17) is 11.6 Å². The van der Waals surface area contributed by atoms with Gasteiger partial charge in [-0.2, -0.15) is 0 Å². The van der Waals surface area contributed by atoms with E-state index < -0.39 is 0 Å². The SMILES string of the molecule is O=C(c1ccc(=O)[nH]c1)N1CCCC[C@H]1c1ccc(Cc2ccccc2Cl)nc1. The van der Waals surface area contributed by atoms with Crippen LogP contribution in [0.4, 0.5) is 0 Å². The van der Waals surface area contributed by atoms with E-state index >= 15 is 0 Å². The van der Waals surface area contributed by atoms with E-state index in [-0.39, 0.29) is 17.5 Å². The number of H-pyrrole nitrogens is 1. The topological polar surface area (TPSA) is 66.1 Å². The van der Waals surface area contributed by atoms with Crippen LogP contribution in [0.1, 0.15) is 52.5 Å². The first-order chi connectivity index (χ1) is 14.1. The Hall–Kier alpha value is -2.92. The zero-order valence-electron chi connectivity index (χ0n) is 16.0. The first-order valence-electron chi connectivity index (χ1n) is 9.80. The average Bonchev–Trinajstić information content (AvgIpc) is 2.76. The quantitative estimate of drug-likeness (QED) is 0.697. The van der Waals surface area contributed by atoms with Crippen molar-refractivity contribution in [3.8, 4) is 0 Å². The third kappa shape index (κ3) is 4.40. The number of hydrogen-bond donors (Lipinski definition) is 1. The minimum Gasteiger partial charge on any atom is -0.332 e. The van der Waals surface area contributed by atoms with Crippen LogP contribution in [0.5, 0.6) is 0 Å². The van der Waals surface area contributed by atoms with Gasteiger partial charge in [-0.15, -0.1) is 0 Å². The summed E-state index contributed by atoms with van der Waals surface area (Å²) >= 11 is 6.26. The molecule has 1 N–H and O–H groups in total. The summed E-state index contributed by atoms with van der Waals surface area (Å²) in [6, 6.07) is 14.8. The Morgan fingerprint density at radius 3 is 2.72 bits per heavy atom. The molecule has 0 unspecified atom stereocenters. The van der Waals surface area contributed by atoms with E-state index in [1.165, 1.54) is 12.3 Å². The Morgan fingerprint density at radius 1 is 1.14 bits per heavy atom. The van der Waals surface area contributed by atoms with Gasteiger partial charge in [0.25, 0.3) is 5.91 Å². The molecule has 1 atom stereocenters. The minimum atomic E-state index is -0.213. The van der Waals surface area contributed by atoms with Crippen LogP contribution in [0.25, 0.3) is 0 Å². The molecule has 4 rings (SSSR count). The second kappa shape index (κ2) is 8.62. The fourth-order valence-corrected chi connectivity index (χ4v) is 4.01. The number of halogens is 1. The molecule has 6 heteroatoms. The van der Waals surface area contributed by atoms with Gasteiger partial charge in [0.1, 0.15) is 0 Å². The number of carbonyl (C=O) groups is 1. The van der Waals surface area contributed by atoms with Crippen molar-refractivity contribution in [2.45, 2.75) is 31.7 Å². The van der Waals surface area contributed by atoms with Crippen LogP contribution in [0, 0.1) is 0 Å². The molecular weight excluding hydrogens is 386 g/mol. The molecule has 0 aliphatic carbocycles. The van der Waals surface area contributed by atoms with Gasteiger partial charge in [-0.05, 0) is 48.6 Å². The monoisotopic (exact) mass is 407 g/mol. The number of rotatable bonds is 4. The van der Waals surface area contributed by atoms with Gasteiger partial charge in [0.15, 0.2) is 0 Å². The zero-order valence-corrected chi connectivity index (χ0v) is 16.7. The number of nitrogens with one attached hydrogen (secondary N) is 1. The molecule has 3 heterocycles. The maximum atomic E-state index is 13.0. The number of benzene rings is 1. The van der Waals surface area contributed by atoms with Gasteiger partial charge < -0.3 is 9.88 Å². The minimum absolute atomic E-state index is 0.00922. The number of hydrogen-bond acceptors (Lipinski definition) is 3. The van der Waals surface area contributed by atoms with Crippen molar-refractivity contribution in [2.24, 2.45) is 0 Å². The molecule has 1 fully saturated rings. The van der Waals surface area contributed by atoms with Crippen molar-refractivity contribution in [1.82, 2.24) is 14.9 Å². The van der Waals surface area contributed by atoms with Crippen LogP contribution < -0.4 is 5.56 Å². The fourth-order valence-electron chi connectivity index (χ4n) is 3.81. The molecule has 1 aliphatic heterocycles. The lowest BCUT2D eigenvalue weighted by Crippen LogP contribution is -2.38. The van der Waals surface area contributed by atoms with Crippen molar-refractivity contribution >= 4 is 17.5 Å². The lowest BCUT2D eigenvalue weighted by molar-refractivity contribution is 0.0610. The highest BCUT2D eigenvalue weighted by Crippen LogP contribution is 2.32. The zero-order chi connectivity index (χ0) is 20.2. The first-order valence-corrected chi connectivity index (χ1v) is 10.2. The number of aromatic amines is 1. The Labute approximate surface area is 174 Å². The lowest BCUT2D eigenvalue weighted by Gasteiger charge is -2.36. The van der Waals surface area contributed by atoms with Gasteiger partial charge in [0, 0.05) is 42.1 Å². The molecule has 1 aliphatic rings. The molecule has 29 heavy (non-hydrogen) atoms. The van der Waals surface area contributed by atoms with Crippen molar-refractivity contribution in [2.75, 3.05) is 6.54 Å². The van der Waals surface area contributed by atoms with Crippen molar-refractivity contribution in [1.29, 1.82) is 0 Å². The second-order valence-corrected chi connectivity index (χ2v) is 7.71. The van der Waals surface area contributed by atoms with E-state index in [1.54, 1.807) is 6.07 Å². The molecule has 0 saturated carbocycles. The predicted molar refractivity (Wildman–Crippen MR) is 113 cm³/mol. The van der Waals surface area contributed by atoms with Crippen LogP contribution in [0.3, 0.4) is 0 Å². The van der Waals surface area contributed by atoms with Crippen LogP contribution in [-0.4, -0.2) is 27.3 Å². The van der Waals surface area contributed by atoms with Gasteiger partial charge in [-0.1, -0.05) is 35.9 Å². The largest absolute Gasteiger partial charge is 0.332 e. The standard InChI is InChI=1S/C23H22ClN3O2/c24-20-6-2-1-5-16(20)13-19-10-8-17(14-25-19)21-7-3-4-12-27(21)23(29)18-9-11-22(28)26-15-18/h1-2,5-6,8-11,14-15,21H,3-4,7,12-13H2,(H,26,28)/t21-/m0/s1. The van der Waals surface area contributed by atoms with Gasteiger partial charge in [0.2, 0.25) is 5.56 Å². The van der Waals surface area contributed by atoms with Crippen molar-refractivity contribution < 1.29 is 4.79 Å². The van der Waals surface area contributed by atoms with E-state index in [0.717, 1.165) is 41.1 Å². The summed E-state index contributed by atoms with van der Waals surface area (Å²) in [6.07, 6.45) is 6.98. The molecule has 1 amide bonds. The third-order valence-corrected chi connectivity index (χ3v) is 5.73. The molecule has 0 spiro atoms. The van der Waals surface area contributed by atoms with Gasteiger partial charge >= 0.3 is 0 Å².